The molecule has 28 heavy (non-hydrogen) atoms. The van der Waals surface area contributed by atoms with Crippen molar-refractivity contribution in [2.24, 2.45) is 11.7 Å². The molecule has 3 N–H and O–H groups in total. The molecule has 0 radical (unpaired) electrons. The number of benzene rings is 2. The molecule has 1 unspecified atom stereocenters. The highest BCUT2D eigenvalue weighted by Crippen LogP contribution is 2.26. The molecule has 1 heterocycles. The van der Waals surface area contributed by atoms with Gasteiger partial charge in [0.25, 0.3) is 0 Å². The second kappa shape index (κ2) is 8.65. The zero-order valence-electron chi connectivity index (χ0n) is 15.4. The van der Waals surface area contributed by atoms with Crippen LogP contribution in [0.15, 0.2) is 48.5 Å². The Balaban J connectivity index is 1.70. The van der Waals surface area contributed by atoms with Crippen LogP contribution in [0.2, 0.25) is 0 Å². The zero-order chi connectivity index (χ0) is 20.1. The Morgan fingerprint density at radius 3 is 2.57 bits per heavy atom. The maximum absolute atomic E-state index is 14.6. The van der Waals surface area contributed by atoms with Crippen molar-refractivity contribution >= 4 is 17.7 Å². The number of amides is 3. The summed E-state index contributed by atoms with van der Waals surface area (Å²) in [5.41, 5.74) is 6.46. The number of piperidine rings is 1. The normalized spacial score (nSPS) is 16.5. The molecule has 0 aromatic heterocycles. The third-order valence-electron chi connectivity index (χ3n) is 4.90. The summed E-state index contributed by atoms with van der Waals surface area (Å²) in [6, 6.07) is 12.9. The van der Waals surface area contributed by atoms with Crippen LogP contribution in [0.4, 0.5) is 9.18 Å². The largest absolute Gasteiger partial charge is 0.352 e. The summed E-state index contributed by atoms with van der Waals surface area (Å²) in [7, 11) is 0. The predicted molar refractivity (Wildman–Crippen MR) is 103 cm³/mol. The van der Waals surface area contributed by atoms with E-state index in [1.54, 1.807) is 12.1 Å². The first-order valence-electron chi connectivity index (χ1n) is 9.16. The lowest BCUT2D eigenvalue weighted by molar-refractivity contribution is -0.131. The molecule has 1 aliphatic heterocycles. The number of carbonyl (C=O) groups excluding carboxylic acids is 3. The number of urea groups is 1. The summed E-state index contributed by atoms with van der Waals surface area (Å²) in [6.45, 7) is 0.571. The molecule has 2 aromatic carbocycles. The summed E-state index contributed by atoms with van der Waals surface area (Å²) < 4.78 is 14.6. The molecule has 1 fully saturated rings. The van der Waals surface area contributed by atoms with Crippen molar-refractivity contribution in [1.82, 2.24) is 10.2 Å². The lowest BCUT2D eigenvalue weighted by Gasteiger charge is -2.32. The number of carbonyl (C=O) groups is 3. The van der Waals surface area contributed by atoms with E-state index in [1.807, 2.05) is 30.3 Å². The molecular weight excluding hydrogens is 361 g/mol. The average molecular weight is 383 g/mol. The van der Waals surface area contributed by atoms with Crippen molar-refractivity contribution in [1.29, 1.82) is 0 Å². The number of hydrogen-bond acceptors (Lipinski definition) is 3. The Bertz CT molecular complexity index is 886. The minimum Gasteiger partial charge on any atom is -0.352 e. The number of halogens is 1. The van der Waals surface area contributed by atoms with Crippen LogP contribution in [-0.2, 0) is 4.79 Å². The van der Waals surface area contributed by atoms with Gasteiger partial charge in [-0.2, -0.15) is 0 Å². The summed E-state index contributed by atoms with van der Waals surface area (Å²) in [5.74, 6) is -1.32. The Kier molecular flexibility index (Phi) is 6.03. The van der Waals surface area contributed by atoms with E-state index in [2.05, 4.69) is 5.32 Å². The molecule has 1 saturated heterocycles. The number of primary amides is 1. The average Bonchev–Trinajstić information content (AvgIpc) is 2.72. The van der Waals surface area contributed by atoms with E-state index in [0.29, 0.717) is 30.5 Å². The van der Waals surface area contributed by atoms with Crippen molar-refractivity contribution < 1.29 is 18.8 Å². The molecule has 3 amide bonds. The van der Waals surface area contributed by atoms with Gasteiger partial charge in [0, 0.05) is 30.1 Å². The highest BCUT2D eigenvalue weighted by Gasteiger charge is 2.29. The molecule has 0 aliphatic carbocycles. The fourth-order valence-corrected chi connectivity index (χ4v) is 3.45. The lowest BCUT2D eigenvalue weighted by atomic mass is 9.89. The topological polar surface area (TPSA) is 92.5 Å². The first-order chi connectivity index (χ1) is 13.5. The molecule has 0 spiro atoms. The Morgan fingerprint density at radius 1 is 1.14 bits per heavy atom. The summed E-state index contributed by atoms with van der Waals surface area (Å²) in [5, 5.41) is 2.26. The van der Waals surface area contributed by atoms with E-state index >= 15 is 0 Å². The smallest absolute Gasteiger partial charge is 0.312 e. The number of nitrogens with one attached hydrogen (secondary N) is 1. The second-order valence-electron chi connectivity index (χ2n) is 6.82. The van der Waals surface area contributed by atoms with E-state index < -0.39 is 17.8 Å². The maximum Gasteiger partial charge on any atom is 0.312 e. The van der Waals surface area contributed by atoms with Crippen molar-refractivity contribution in [2.45, 2.75) is 12.8 Å². The van der Waals surface area contributed by atoms with Gasteiger partial charge in [-0.25, -0.2) is 9.18 Å². The number of nitrogens with two attached hydrogens (primary N) is 1. The van der Waals surface area contributed by atoms with Crippen molar-refractivity contribution in [3.8, 4) is 11.1 Å². The van der Waals surface area contributed by atoms with Gasteiger partial charge in [0.05, 0.1) is 6.54 Å². The first-order valence-corrected chi connectivity index (χ1v) is 9.16. The van der Waals surface area contributed by atoms with Gasteiger partial charge >= 0.3 is 6.03 Å². The highest BCUT2D eigenvalue weighted by atomic mass is 19.1. The van der Waals surface area contributed by atoms with Gasteiger partial charge in [-0.3, -0.25) is 9.59 Å². The van der Waals surface area contributed by atoms with E-state index in [0.717, 1.165) is 5.56 Å². The van der Waals surface area contributed by atoms with Gasteiger partial charge in [-0.05, 0) is 24.5 Å². The van der Waals surface area contributed by atoms with Crippen LogP contribution in [0.1, 0.15) is 23.2 Å². The van der Waals surface area contributed by atoms with E-state index in [-0.39, 0.29) is 24.8 Å². The minimum atomic E-state index is -0.771. The Labute approximate surface area is 162 Å². The van der Waals surface area contributed by atoms with Crippen LogP contribution in [0.25, 0.3) is 11.1 Å². The standard InChI is InChI=1S/C21H22FN3O3/c22-18-11-15(8-9-17(18)14-5-2-1-3-6-14)20(27)16-7-4-10-25(13-16)19(26)12-24-21(23)28/h1-3,5-6,8-9,11,16H,4,7,10,12-13H2,(H3,23,24,28). The molecule has 3 rings (SSSR count). The molecule has 7 heteroatoms. The van der Waals surface area contributed by atoms with Gasteiger partial charge in [0.1, 0.15) is 5.82 Å². The molecule has 0 saturated carbocycles. The molecule has 2 aromatic rings. The van der Waals surface area contributed by atoms with Crippen molar-refractivity contribution in [2.75, 3.05) is 19.6 Å². The molecule has 1 atom stereocenters. The third kappa shape index (κ3) is 4.54. The molecule has 146 valence electrons. The van der Waals surface area contributed by atoms with Gasteiger partial charge < -0.3 is 16.0 Å². The number of Topliss-reactive ketones (excluding diaryl/α,β-unsaturated/α-hetero) is 1. The van der Waals surface area contributed by atoms with Gasteiger partial charge in [-0.15, -0.1) is 0 Å². The number of hydrogen-bond donors (Lipinski definition) is 2. The monoisotopic (exact) mass is 383 g/mol. The summed E-state index contributed by atoms with van der Waals surface area (Å²) in [6.07, 6.45) is 1.30. The van der Waals surface area contributed by atoms with Gasteiger partial charge in [0.15, 0.2) is 5.78 Å². The third-order valence-corrected chi connectivity index (χ3v) is 4.90. The number of rotatable bonds is 5. The second-order valence-corrected chi connectivity index (χ2v) is 6.82. The quantitative estimate of drug-likeness (QED) is 0.778. The fraction of sp³-hybridized carbons (Fsp3) is 0.286. The Morgan fingerprint density at radius 2 is 1.89 bits per heavy atom. The Hall–Kier alpha value is -3.22. The SMILES string of the molecule is NC(=O)NCC(=O)N1CCCC(C(=O)c2ccc(-c3ccccc3)c(F)c2)C1. The summed E-state index contributed by atoms with van der Waals surface area (Å²) >= 11 is 0. The minimum absolute atomic E-state index is 0.182. The van der Waals surface area contributed by atoms with Crippen molar-refractivity contribution in [3.63, 3.8) is 0 Å². The fourth-order valence-electron chi connectivity index (χ4n) is 3.45. The summed E-state index contributed by atoms with van der Waals surface area (Å²) in [4.78, 5) is 37.3. The zero-order valence-corrected chi connectivity index (χ0v) is 15.4. The maximum atomic E-state index is 14.6. The van der Waals surface area contributed by atoms with Crippen molar-refractivity contribution in [3.05, 3.63) is 59.9 Å². The number of nitrogens with zero attached hydrogens (tertiary/aromatic N) is 1. The number of likely N-dealkylation sites (tertiary alicyclic amines) is 1. The van der Waals surface area contributed by atoms with E-state index in [9.17, 15) is 18.8 Å². The lowest BCUT2D eigenvalue weighted by Crippen LogP contribution is -2.47. The van der Waals surface area contributed by atoms with Crippen LogP contribution in [0.3, 0.4) is 0 Å². The molecular formula is C21H22FN3O3. The van der Waals surface area contributed by atoms with Gasteiger partial charge in [0.2, 0.25) is 5.91 Å². The highest BCUT2D eigenvalue weighted by molar-refractivity contribution is 5.99. The van der Waals surface area contributed by atoms with E-state index in [1.165, 1.54) is 11.0 Å². The predicted octanol–water partition coefficient (Wildman–Crippen LogP) is 2.58. The van der Waals surface area contributed by atoms with Crippen LogP contribution in [0, 0.1) is 11.7 Å². The van der Waals surface area contributed by atoms with Crippen LogP contribution >= 0.6 is 0 Å². The molecule has 6 nitrogen and oxygen atoms in total. The van der Waals surface area contributed by atoms with E-state index in [4.69, 9.17) is 5.73 Å². The molecule has 0 bridgehead atoms. The van der Waals surface area contributed by atoms with Crippen LogP contribution in [0.5, 0.6) is 0 Å². The first kappa shape index (κ1) is 19.5. The van der Waals surface area contributed by atoms with Crippen LogP contribution in [-0.4, -0.2) is 42.3 Å². The van der Waals surface area contributed by atoms with Gasteiger partial charge in [-0.1, -0.05) is 42.5 Å². The van der Waals surface area contributed by atoms with Crippen LogP contribution < -0.4 is 11.1 Å². The number of ketones is 1. The molecule has 1 aliphatic rings.